The second kappa shape index (κ2) is 7.33. The van der Waals surface area contributed by atoms with Crippen molar-refractivity contribution in [1.29, 1.82) is 0 Å². The van der Waals surface area contributed by atoms with Gasteiger partial charge in [-0.3, -0.25) is 9.78 Å². The van der Waals surface area contributed by atoms with Crippen molar-refractivity contribution in [2.24, 2.45) is 5.92 Å². The molecular weight excluding hydrogens is 316 g/mol. The summed E-state index contributed by atoms with van der Waals surface area (Å²) in [6.45, 7) is 1.38. The van der Waals surface area contributed by atoms with E-state index in [1.165, 1.54) is 32.1 Å². The number of hydrogen-bond donors (Lipinski definition) is 0. The average molecular weight is 340 g/mol. The summed E-state index contributed by atoms with van der Waals surface area (Å²) in [5.74, 6) is 2.30. The Morgan fingerprint density at radius 1 is 1.20 bits per heavy atom. The molecule has 0 N–H and O–H groups in total. The van der Waals surface area contributed by atoms with Gasteiger partial charge in [0.1, 0.15) is 5.69 Å². The highest BCUT2D eigenvalue weighted by atomic mass is 16.5. The summed E-state index contributed by atoms with van der Waals surface area (Å²) in [5.41, 5.74) is 0.706. The van der Waals surface area contributed by atoms with Gasteiger partial charge in [0.2, 0.25) is 17.6 Å². The van der Waals surface area contributed by atoms with Gasteiger partial charge < -0.3 is 9.42 Å². The molecule has 0 aromatic carbocycles. The minimum absolute atomic E-state index is 0.156. The first-order valence-electron chi connectivity index (χ1n) is 9.32. The zero-order valence-corrected chi connectivity index (χ0v) is 14.4. The maximum atomic E-state index is 12.3. The lowest BCUT2D eigenvalue weighted by Gasteiger charge is -2.37. The van der Waals surface area contributed by atoms with Crippen LogP contribution >= 0.6 is 0 Å². The molecule has 4 rings (SSSR count). The van der Waals surface area contributed by atoms with E-state index in [1.807, 2.05) is 23.1 Å². The molecule has 1 saturated heterocycles. The van der Waals surface area contributed by atoms with Crippen LogP contribution in [-0.2, 0) is 4.79 Å². The van der Waals surface area contributed by atoms with Crippen LogP contribution in [0.15, 0.2) is 28.9 Å². The second-order valence-electron chi connectivity index (χ2n) is 7.21. The van der Waals surface area contributed by atoms with Crippen molar-refractivity contribution in [2.75, 3.05) is 13.1 Å². The maximum Gasteiger partial charge on any atom is 0.233 e. The topological polar surface area (TPSA) is 72.1 Å². The molecule has 2 fully saturated rings. The molecule has 1 amide bonds. The Bertz CT molecular complexity index is 703. The van der Waals surface area contributed by atoms with E-state index in [1.54, 1.807) is 6.20 Å². The van der Waals surface area contributed by atoms with Crippen LogP contribution in [0.3, 0.4) is 0 Å². The van der Waals surface area contributed by atoms with E-state index in [9.17, 15) is 4.79 Å². The van der Waals surface area contributed by atoms with Gasteiger partial charge in [0.15, 0.2) is 0 Å². The minimum atomic E-state index is 0.156. The zero-order valence-electron chi connectivity index (χ0n) is 14.4. The van der Waals surface area contributed by atoms with Crippen LogP contribution in [0, 0.1) is 5.92 Å². The minimum Gasteiger partial charge on any atom is -0.341 e. The molecule has 2 aliphatic rings. The van der Waals surface area contributed by atoms with Gasteiger partial charge in [-0.2, -0.15) is 4.98 Å². The molecule has 1 aliphatic heterocycles. The molecule has 0 radical (unpaired) electrons. The Balaban J connectivity index is 1.26. The van der Waals surface area contributed by atoms with Gasteiger partial charge in [-0.05, 0) is 24.5 Å². The Morgan fingerprint density at radius 3 is 2.80 bits per heavy atom. The summed E-state index contributed by atoms with van der Waals surface area (Å²) in [7, 11) is 0. The van der Waals surface area contributed by atoms with Gasteiger partial charge in [0.25, 0.3) is 0 Å². The smallest absolute Gasteiger partial charge is 0.233 e. The number of carbonyl (C=O) groups excluding carboxylic acids is 1. The highest BCUT2D eigenvalue weighted by molar-refractivity contribution is 5.77. The number of hydrogen-bond acceptors (Lipinski definition) is 5. The van der Waals surface area contributed by atoms with Crippen LogP contribution < -0.4 is 0 Å². The fourth-order valence-corrected chi connectivity index (χ4v) is 3.80. The Kier molecular flexibility index (Phi) is 4.76. The Hall–Kier alpha value is -2.24. The van der Waals surface area contributed by atoms with Crippen LogP contribution in [-0.4, -0.2) is 39.0 Å². The van der Waals surface area contributed by atoms with Crippen LogP contribution in [0.25, 0.3) is 11.5 Å². The van der Waals surface area contributed by atoms with Crippen molar-refractivity contribution < 1.29 is 9.32 Å². The summed E-state index contributed by atoms with van der Waals surface area (Å²) in [5, 5.41) is 4.00. The van der Waals surface area contributed by atoms with Crippen LogP contribution in [0.5, 0.6) is 0 Å². The molecule has 0 spiro atoms. The average Bonchev–Trinajstić information content (AvgIpc) is 3.10. The van der Waals surface area contributed by atoms with E-state index in [-0.39, 0.29) is 11.8 Å². The summed E-state index contributed by atoms with van der Waals surface area (Å²) in [6.07, 6.45) is 10.1. The van der Waals surface area contributed by atoms with Gasteiger partial charge in [0, 0.05) is 25.7 Å². The van der Waals surface area contributed by atoms with Gasteiger partial charge >= 0.3 is 0 Å². The first-order chi connectivity index (χ1) is 12.3. The molecule has 0 unspecified atom stereocenters. The first-order valence-corrected chi connectivity index (χ1v) is 9.32. The van der Waals surface area contributed by atoms with Crippen molar-refractivity contribution in [1.82, 2.24) is 20.0 Å². The molecule has 3 heterocycles. The number of nitrogens with zero attached hydrogens (tertiary/aromatic N) is 4. The van der Waals surface area contributed by atoms with E-state index >= 15 is 0 Å². The fourth-order valence-electron chi connectivity index (χ4n) is 3.80. The summed E-state index contributed by atoms with van der Waals surface area (Å²) in [6, 6.07) is 5.61. The van der Waals surface area contributed by atoms with Gasteiger partial charge in [-0.25, -0.2) is 0 Å². The standard InChI is InChI=1S/C19H24N4O2/c24-17(10-9-14-6-2-1-3-7-14)23-12-15(13-23)19-21-18(22-25-19)16-8-4-5-11-20-16/h4-5,8,11,14-15H,1-3,6-7,9-10,12-13H2. The summed E-state index contributed by atoms with van der Waals surface area (Å²) < 4.78 is 5.37. The molecule has 6 nitrogen and oxygen atoms in total. The predicted octanol–water partition coefficient (Wildman–Crippen LogP) is 3.42. The van der Waals surface area contributed by atoms with Crippen molar-refractivity contribution in [3.63, 3.8) is 0 Å². The molecule has 6 heteroatoms. The van der Waals surface area contributed by atoms with Crippen LogP contribution in [0.1, 0.15) is 56.8 Å². The second-order valence-corrected chi connectivity index (χ2v) is 7.21. The van der Waals surface area contributed by atoms with Gasteiger partial charge in [-0.15, -0.1) is 0 Å². The number of pyridine rings is 1. The van der Waals surface area contributed by atoms with Crippen molar-refractivity contribution in [3.8, 4) is 11.5 Å². The van der Waals surface area contributed by atoms with E-state index in [0.29, 0.717) is 36.9 Å². The molecule has 1 aliphatic carbocycles. The number of rotatable bonds is 5. The molecule has 132 valence electrons. The monoisotopic (exact) mass is 340 g/mol. The lowest BCUT2D eigenvalue weighted by atomic mass is 9.86. The highest BCUT2D eigenvalue weighted by Gasteiger charge is 2.35. The summed E-state index contributed by atoms with van der Waals surface area (Å²) >= 11 is 0. The first kappa shape index (κ1) is 16.2. The summed E-state index contributed by atoms with van der Waals surface area (Å²) in [4.78, 5) is 22.9. The molecule has 2 aromatic heterocycles. The van der Waals surface area contributed by atoms with Crippen molar-refractivity contribution in [3.05, 3.63) is 30.3 Å². The van der Waals surface area contributed by atoms with E-state index in [2.05, 4.69) is 15.1 Å². The SMILES string of the molecule is O=C(CCC1CCCCC1)N1CC(c2nc(-c3ccccn3)no2)C1. The molecular formula is C19H24N4O2. The number of carbonyl (C=O) groups is 1. The number of amides is 1. The maximum absolute atomic E-state index is 12.3. The van der Waals surface area contributed by atoms with Crippen LogP contribution in [0.4, 0.5) is 0 Å². The highest BCUT2D eigenvalue weighted by Crippen LogP contribution is 2.30. The lowest BCUT2D eigenvalue weighted by molar-refractivity contribution is -0.136. The fraction of sp³-hybridized carbons (Fsp3) is 0.579. The third-order valence-corrected chi connectivity index (χ3v) is 5.41. The van der Waals surface area contributed by atoms with E-state index < -0.39 is 0 Å². The van der Waals surface area contributed by atoms with E-state index in [0.717, 1.165) is 12.3 Å². The molecule has 25 heavy (non-hydrogen) atoms. The lowest BCUT2D eigenvalue weighted by Crippen LogP contribution is -2.48. The molecule has 2 aromatic rings. The molecule has 0 bridgehead atoms. The quantitative estimate of drug-likeness (QED) is 0.834. The third kappa shape index (κ3) is 3.72. The number of aromatic nitrogens is 3. The Morgan fingerprint density at radius 2 is 2.04 bits per heavy atom. The molecule has 0 atom stereocenters. The van der Waals surface area contributed by atoms with E-state index in [4.69, 9.17) is 4.52 Å². The van der Waals surface area contributed by atoms with Crippen molar-refractivity contribution in [2.45, 2.75) is 50.9 Å². The number of likely N-dealkylation sites (tertiary alicyclic amines) is 1. The molecule has 1 saturated carbocycles. The van der Waals surface area contributed by atoms with Crippen molar-refractivity contribution >= 4 is 5.91 Å². The Labute approximate surface area is 147 Å². The van der Waals surface area contributed by atoms with Crippen LogP contribution in [0.2, 0.25) is 0 Å². The normalized spacial score (nSPS) is 19.0. The zero-order chi connectivity index (χ0) is 17.1. The third-order valence-electron chi connectivity index (χ3n) is 5.41. The predicted molar refractivity (Wildman–Crippen MR) is 92.7 cm³/mol. The van der Waals surface area contributed by atoms with Gasteiger partial charge in [-0.1, -0.05) is 43.3 Å². The largest absolute Gasteiger partial charge is 0.341 e. The van der Waals surface area contributed by atoms with Gasteiger partial charge in [0.05, 0.1) is 5.92 Å².